The second kappa shape index (κ2) is 5.50. The second-order valence-corrected chi connectivity index (χ2v) is 4.74. The van der Waals surface area contributed by atoms with Crippen molar-refractivity contribution >= 4 is 0 Å². The number of hydrogen-bond donors (Lipinski definition) is 1. The van der Waals surface area contributed by atoms with Crippen molar-refractivity contribution in [3.63, 3.8) is 0 Å². The number of aromatic amines is 1. The van der Waals surface area contributed by atoms with E-state index in [1.807, 2.05) is 0 Å². The summed E-state index contributed by atoms with van der Waals surface area (Å²) in [6, 6.07) is 10.8. The van der Waals surface area contributed by atoms with Crippen molar-refractivity contribution in [1.82, 2.24) is 9.97 Å². The summed E-state index contributed by atoms with van der Waals surface area (Å²) in [5.41, 5.74) is 4.08. The molecule has 0 atom stereocenters. The van der Waals surface area contributed by atoms with Crippen LogP contribution in [-0.4, -0.2) is 9.97 Å². The molecule has 0 spiro atoms. The van der Waals surface area contributed by atoms with Gasteiger partial charge in [0.05, 0.1) is 12.0 Å². The van der Waals surface area contributed by atoms with Crippen molar-refractivity contribution < 1.29 is 0 Å². The van der Waals surface area contributed by atoms with Crippen LogP contribution in [0.15, 0.2) is 30.6 Å². The summed E-state index contributed by atoms with van der Waals surface area (Å²) < 4.78 is 0. The summed E-state index contributed by atoms with van der Waals surface area (Å²) in [5.74, 6) is 0.567. The molecule has 2 aromatic rings. The summed E-state index contributed by atoms with van der Waals surface area (Å²) in [6.07, 6.45) is 3.33. The van der Waals surface area contributed by atoms with Crippen LogP contribution < -0.4 is 0 Å². The number of nitrogens with zero attached hydrogens (tertiary/aromatic N) is 2. The van der Waals surface area contributed by atoms with E-state index in [-0.39, 0.29) is 0 Å². The Labute approximate surface area is 107 Å². The Morgan fingerprint density at radius 1 is 1.22 bits per heavy atom. The second-order valence-electron chi connectivity index (χ2n) is 4.74. The molecule has 18 heavy (non-hydrogen) atoms. The number of nitriles is 1. The van der Waals surface area contributed by atoms with Gasteiger partial charge in [-0.15, -0.1) is 0 Å². The van der Waals surface area contributed by atoms with Crippen LogP contribution in [0.1, 0.15) is 42.3 Å². The van der Waals surface area contributed by atoms with Crippen molar-refractivity contribution in [1.29, 1.82) is 5.26 Å². The van der Waals surface area contributed by atoms with Crippen LogP contribution in [-0.2, 0) is 12.8 Å². The predicted octanol–water partition coefficient (Wildman–Crippen LogP) is 3.19. The van der Waals surface area contributed by atoms with E-state index in [1.165, 1.54) is 11.1 Å². The smallest absolute Gasteiger partial charge is 0.161 e. The molecule has 0 fully saturated rings. The third-order valence-electron chi connectivity index (χ3n) is 3.13. The molecule has 0 aliphatic heterocycles. The highest BCUT2D eigenvalue weighted by molar-refractivity contribution is 5.28. The van der Waals surface area contributed by atoms with Crippen LogP contribution in [0.25, 0.3) is 0 Å². The van der Waals surface area contributed by atoms with Crippen molar-refractivity contribution in [3.05, 3.63) is 53.1 Å². The molecule has 3 heteroatoms. The lowest BCUT2D eigenvalue weighted by atomic mass is 10.00. The van der Waals surface area contributed by atoms with Gasteiger partial charge in [0.1, 0.15) is 6.07 Å². The van der Waals surface area contributed by atoms with Crippen LogP contribution in [0.3, 0.4) is 0 Å². The number of aromatic nitrogens is 2. The van der Waals surface area contributed by atoms with Crippen molar-refractivity contribution in [2.45, 2.75) is 32.6 Å². The van der Waals surface area contributed by atoms with E-state index in [4.69, 9.17) is 5.26 Å². The van der Waals surface area contributed by atoms with Gasteiger partial charge in [0.15, 0.2) is 5.69 Å². The van der Waals surface area contributed by atoms with E-state index in [0.29, 0.717) is 11.6 Å². The van der Waals surface area contributed by atoms with Gasteiger partial charge in [-0.3, -0.25) is 0 Å². The molecule has 0 aliphatic rings. The largest absolute Gasteiger partial charge is 0.347 e. The van der Waals surface area contributed by atoms with Gasteiger partial charge in [0.2, 0.25) is 0 Å². The molecule has 2 rings (SSSR count). The summed E-state index contributed by atoms with van der Waals surface area (Å²) in [5, 5.41) is 8.87. The fourth-order valence-corrected chi connectivity index (χ4v) is 1.95. The summed E-state index contributed by atoms with van der Waals surface area (Å²) >= 11 is 0. The first-order valence-corrected chi connectivity index (χ1v) is 6.22. The molecule has 0 radical (unpaired) electrons. The van der Waals surface area contributed by atoms with Gasteiger partial charge in [-0.05, 0) is 29.9 Å². The highest BCUT2D eigenvalue weighted by atomic mass is 14.9. The third-order valence-corrected chi connectivity index (χ3v) is 3.13. The molecule has 0 bridgehead atoms. The first-order chi connectivity index (χ1) is 8.70. The molecule has 0 aliphatic carbocycles. The number of aryl methyl sites for hydroxylation is 2. The van der Waals surface area contributed by atoms with E-state index in [2.05, 4.69) is 54.2 Å². The fraction of sp³-hybridized carbons (Fsp3) is 0.333. The average molecular weight is 239 g/mol. The average Bonchev–Trinajstić information content (AvgIpc) is 2.84. The van der Waals surface area contributed by atoms with Crippen LogP contribution in [0.2, 0.25) is 0 Å². The lowest BCUT2D eigenvalue weighted by Crippen LogP contribution is -1.95. The highest BCUT2D eigenvalue weighted by Gasteiger charge is 2.05. The molecule has 1 aromatic heterocycles. The molecule has 1 N–H and O–H groups in total. The maximum absolute atomic E-state index is 8.87. The molecule has 3 nitrogen and oxygen atoms in total. The van der Waals surface area contributed by atoms with Crippen molar-refractivity contribution in [2.24, 2.45) is 0 Å². The fourth-order valence-electron chi connectivity index (χ4n) is 1.95. The molecule has 0 saturated carbocycles. The number of nitrogens with one attached hydrogen (secondary N) is 1. The van der Waals surface area contributed by atoms with E-state index in [1.54, 1.807) is 6.33 Å². The zero-order valence-electron chi connectivity index (χ0n) is 10.8. The zero-order valence-corrected chi connectivity index (χ0v) is 10.8. The molecule has 0 unspecified atom stereocenters. The monoisotopic (exact) mass is 239 g/mol. The molecule has 1 aromatic carbocycles. The number of H-pyrrole nitrogens is 1. The topological polar surface area (TPSA) is 52.5 Å². The van der Waals surface area contributed by atoms with Gasteiger partial charge in [0, 0.05) is 0 Å². The van der Waals surface area contributed by atoms with E-state index >= 15 is 0 Å². The molecular formula is C15H17N3. The van der Waals surface area contributed by atoms with Crippen LogP contribution in [0.5, 0.6) is 0 Å². The van der Waals surface area contributed by atoms with E-state index in [9.17, 15) is 0 Å². The minimum atomic E-state index is 0.508. The third kappa shape index (κ3) is 2.78. The van der Waals surface area contributed by atoms with Gasteiger partial charge in [-0.1, -0.05) is 38.1 Å². The van der Waals surface area contributed by atoms with Crippen LogP contribution in [0, 0.1) is 11.3 Å². The molecule has 1 heterocycles. The maximum Gasteiger partial charge on any atom is 0.161 e. The molecule has 92 valence electrons. The summed E-state index contributed by atoms with van der Waals surface area (Å²) in [4.78, 5) is 6.99. The summed E-state index contributed by atoms with van der Waals surface area (Å²) in [7, 11) is 0. The van der Waals surface area contributed by atoms with Gasteiger partial charge in [-0.25, -0.2) is 4.98 Å². The number of rotatable bonds is 4. The predicted molar refractivity (Wildman–Crippen MR) is 71.2 cm³/mol. The van der Waals surface area contributed by atoms with E-state index < -0.39 is 0 Å². The Morgan fingerprint density at radius 2 is 1.94 bits per heavy atom. The van der Waals surface area contributed by atoms with Crippen molar-refractivity contribution in [3.8, 4) is 6.07 Å². The Balaban J connectivity index is 2.01. The van der Waals surface area contributed by atoms with Gasteiger partial charge in [0.25, 0.3) is 0 Å². The number of imidazole rings is 1. The normalized spacial score (nSPS) is 10.6. The lowest BCUT2D eigenvalue weighted by Gasteiger charge is -2.06. The first kappa shape index (κ1) is 12.4. The Morgan fingerprint density at radius 3 is 2.56 bits per heavy atom. The van der Waals surface area contributed by atoms with E-state index in [0.717, 1.165) is 18.5 Å². The highest BCUT2D eigenvalue weighted by Crippen LogP contribution is 2.16. The van der Waals surface area contributed by atoms with Gasteiger partial charge in [-0.2, -0.15) is 5.26 Å². The van der Waals surface area contributed by atoms with Gasteiger partial charge < -0.3 is 4.98 Å². The Kier molecular flexibility index (Phi) is 3.78. The van der Waals surface area contributed by atoms with Crippen LogP contribution in [0.4, 0.5) is 0 Å². The number of benzene rings is 1. The maximum atomic E-state index is 8.87. The van der Waals surface area contributed by atoms with Gasteiger partial charge >= 0.3 is 0 Å². The molecule has 0 amide bonds. The Hall–Kier alpha value is -2.08. The number of hydrogen-bond acceptors (Lipinski definition) is 2. The standard InChI is InChI=1S/C15H17N3/c1-11(2)13-6-3-12(4-7-13)5-8-14-15(9-16)18-10-17-14/h3-4,6-7,10-11H,5,8H2,1-2H3,(H,17,18). The first-order valence-electron chi connectivity index (χ1n) is 6.22. The lowest BCUT2D eigenvalue weighted by molar-refractivity contribution is 0.861. The quantitative estimate of drug-likeness (QED) is 0.890. The minimum absolute atomic E-state index is 0.508. The summed E-state index contributed by atoms with van der Waals surface area (Å²) in [6.45, 7) is 4.39. The van der Waals surface area contributed by atoms with Crippen molar-refractivity contribution in [2.75, 3.05) is 0 Å². The molecular weight excluding hydrogens is 222 g/mol. The van der Waals surface area contributed by atoms with Crippen LogP contribution >= 0.6 is 0 Å². The SMILES string of the molecule is CC(C)c1ccc(CCc2[nH]cnc2C#N)cc1. The zero-order chi connectivity index (χ0) is 13.0. The Bertz CT molecular complexity index is 544. The minimum Gasteiger partial charge on any atom is -0.347 e. The molecule has 0 saturated heterocycles.